The Morgan fingerprint density at radius 3 is 2.82 bits per heavy atom. The Bertz CT molecular complexity index is 1010. The largest absolute Gasteiger partial charge is 0.340 e. The number of rotatable bonds is 6. The fraction of sp³-hybridized carbons (Fsp3) is 0.300. The molecule has 0 aliphatic heterocycles. The van der Waals surface area contributed by atoms with Gasteiger partial charge in [-0.15, -0.1) is 11.3 Å². The molecule has 1 saturated carbocycles. The predicted octanol–water partition coefficient (Wildman–Crippen LogP) is 3.48. The third kappa shape index (κ3) is 3.96. The molecule has 8 heteroatoms. The highest BCUT2D eigenvalue weighted by molar-refractivity contribution is 7.12. The van der Waals surface area contributed by atoms with Crippen LogP contribution in [-0.4, -0.2) is 33.0 Å². The van der Waals surface area contributed by atoms with Crippen molar-refractivity contribution in [3.8, 4) is 11.4 Å². The molecule has 2 amide bonds. The summed E-state index contributed by atoms with van der Waals surface area (Å²) in [5, 5.41) is 14.8. The summed E-state index contributed by atoms with van der Waals surface area (Å²) in [6, 6.07) is 8.55. The van der Waals surface area contributed by atoms with Gasteiger partial charge in [0.15, 0.2) is 5.82 Å². The Labute approximate surface area is 166 Å². The first kappa shape index (κ1) is 18.4. The summed E-state index contributed by atoms with van der Waals surface area (Å²) in [6.07, 6.45) is 2.26. The Kier molecular flexibility index (Phi) is 4.95. The van der Waals surface area contributed by atoms with Crippen molar-refractivity contribution < 1.29 is 9.59 Å². The quantitative estimate of drug-likeness (QED) is 0.595. The molecule has 3 aromatic rings. The lowest BCUT2D eigenvalue weighted by Crippen LogP contribution is -2.41. The highest BCUT2D eigenvalue weighted by atomic mass is 32.1. The van der Waals surface area contributed by atoms with Gasteiger partial charge in [0.05, 0.1) is 10.6 Å². The normalized spacial score (nSPS) is 14.5. The number of hydrogen-bond acceptors (Lipinski definition) is 5. The van der Waals surface area contributed by atoms with Gasteiger partial charge in [0.2, 0.25) is 5.91 Å². The molecule has 4 rings (SSSR count). The molecule has 3 N–H and O–H groups in total. The van der Waals surface area contributed by atoms with Crippen LogP contribution in [0.25, 0.3) is 11.4 Å². The number of carbonyl (C=O) groups excluding carboxylic acids is 2. The number of aromatic amines is 1. The highest BCUT2D eigenvalue weighted by Crippen LogP contribution is 2.39. The molecular weight excluding hydrogens is 374 g/mol. The SMILES string of the molecule is Cc1ccc(NC(=O)[C@H](C)NC(=O)c2cccs2)c(-c2n[nH]c(C3CC3)n2)c1. The number of thiophene rings is 1. The third-order valence-electron chi connectivity index (χ3n) is 4.63. The van der Waals surface area contributed by atoms with Gasteiger partial charge in [-0.1, -0.05) is 17.7 Å². The Morgan fingerprint density at radius 2 is 2.11 bits per heavy atom. The monoisotopic (exact) mass is 395 g/mol. The van der Waals surface area contributed by atoms with Gasteiger partial charge in [0, 0.05) is 11.5 Å². The maximum Gasteiger partial charge on any atom is 0.261 e. The van der Waals surface area contributed by atoms with Crippen molar-refractivity contribution in [2.24, 2.45) is 0 Å². The first-order valence-electron chi connectivity index (χ1n) is 9.20. The molecule has 2 aromatic heterocycles. The Morgan fingerprint density at radius 1 is 1.29 bits per heavy atom. The van der Waals surface area contributed by atoms with Gasteiger partial charge < -0.3 is 10.6 Å². The highest BCUT2D eigenvalue weighted by Gasteiger charge is 2.28. The van der Waals surface area contributed by atoms with E-state index in [9.17, 15) is 9.59 Å². The maximum absolute atomic E-state index is 12.6. The van der Waals surface area contributed by atoms with Crippen molar-refractivity contribution in [2.45, 2.75) is 38.6 Å². The van der Waals surface area contributed by atoms with Crippen LogP contribution in [0, 0.1) is 6.92 Å². The molecule has 2 heterocycles. The fourth-order valence-corrected chi connectivity index (χ4v) is 3.50. The molecule has 28 heavy (non-hydrogen) atoms. The van der Waals surface area contributed by atoms with Gasteiger partial charge in [0.1, 0.15) is 11.9 Å². The summed E-state index contributed by atoms with van der Waals surface area (Å²) in [6.45, 7) is 3.64. The van der Waals surface area contributed by atoms with E-state index < -0.39 is 6.04 Å². The van der Waals surface area contributed by atoms with Crippen molar-refractivity contribution in [2.75, 3.05) is 5.32 Å². The number of anilines is 1. The zero-order valence-corrected chi connectivity index (χ0v) is 16.5. The molecule has 1 fully saturated rings. The number of nitrogens with zero attached hydrogens (tertiary/aromatic N) is 2. The number of nitrogens with one attached hydrogen (secondary N) is 3. The van der Waals surface area contributed by atoms with E-state index in [4.69, 9.17) is 0 Å². The lowest BCUT2D eigenvalue weighted by molar-refractivity contribution is -0.117. The van der Waals surface area contributed by atoms with Crippen molar-refractivity contribution in [3.05, 3.63) is 52.0 Å². The number of H-pyrrole nitrogens is 1. The van der Waals surface area contributed by atoms with Crippen molar-refractivity contribution in [1.82, 2.24) is 20.5 Å². The second-order valence-corrected chi connectivity index (χ2v) is 7.98. The van der Waals surface area contributed by atoms with Crippen molar-refractivity contribution >= 4 is 28.8 Å². The summed E-state index contributed by atoms with van der Waals surface area (Å²) in [7, 11) is 0. The van der Waals surface area contributed by atoms with E-state index in [1.165, 1.54) is 11.3 Å². The van der Waals surface area contributed by atoms with Gasteiger partial charge in [-0.25, -0.2) is 4.98 Å². The van der Waals surface area contributed by atoms with E-state index in [1.807, 2.05) is 30.5 Å². The van der Waals surface area contributed by atoms with Crippen molar-refractivity contribution in [1.29, 1.82) is 0 Å². The van der Waals surface area contributed by atoms with Gasteiger partial charge in [-0.3, -0.25) is 14.7 Å². The first-order chi connectivity index (χ1) is 13.5. The minimum absolute atomic E-state index is 0.259. The van der Waals surface area contributed by atoms with Crippen LogP contribution in [0.5, 0.6) is 0 Å². The summed E-state index contributed by atoms with van der Waals surface area (Å²) in [5.41, 5.74) is 2.42. The third-order valence-corrected chi connectivity index (χ3v) is 5.50. The number of amides is 2. The average Bonchev–Trinajstić information content (AvgIpc) is 3.18. The van der Waals surface area contributed by atoms with Gasteiger partial charge in [-0.2, -0.15) is 5.10 Å². The maximum atomic E-state index is 12.6. The number of aryl methyl sites for hydroxylation is 1. The molecule has 0 saturated heterocycles. The van der Waals surface area contributed by atoms with Crippen LogP contribution in [0.3, 0.4) is 0 Å². The van der Waals surface area contributed by atoms with Crippen LogP contribution in [0.1, 0.15) is 46.7 Å². The number of hydrogen-bond donors (Lipinski definition) is 3. The summed E-state index contributed by atoms with van der Waals surface area (Å²) in [4.78, 5) is 30.0. The molecule has 1 aromatic carbocycles. The molecule has 7 nitrogen and oxygen atoms in total. The van der Waals surface area contributed by atoms with Gasteiger partial charge in [0.25, 0.3) is 5.91 Å². The number of benzene rings is 1. The zero-order valence-electron chi connectivity index (χ0n) is 15.7. The molecule has 1 atom stereocenters. The summed E-state index contributed by atoms with van der Waals surface area (Å²) in [5.74, 6) is 1.37. The van der Waals surface area contributed by atoms with E-state index in [1.54, 1.807) is 19.1 Å². The molecule has 0 radical (unpaired) electrons. The Hall–Kier alpha value is -3.00. The number of aromatic nitrogens is 3. The fourth-order valence-electron chi connectivity index (χ4n) is 2.87. The predicted molar refractivity (Wildman–Crippen MR) is 108 cm³/mol. The second-order valence-electron chi connectivity index (χ2n) is 7.03. The lowest BCUT2D eigenvalue weighted by Gasteiger charge is -2.15. The zero-order chi connectivity index (χ0) is 19.7. The smallest absolute Gasteiger partial charge is 0.261 e. The van der Waals surface area contributed by atoms with Gasteiger partial charge in [-0.05, 0) is 50.3 Å². The molecule has 0 spiro atoms. The van der Waals surface area contributed by atoms with Crippen LogP contribution in [-0.2, 0) is 4.79 Å². The topological polar surface area (TPSA) is 99.8 Å². The van der Waals surface area contributed by atoms with E-state index in [0.717, 1.165) is 29.8 Å². The van der Waals surface area contributed by atoms with Crippen LogP contribution in [0.4, 0.5) is 5.69 Å². The average molecular weight is 395 g/mol. The van der Waals surface area contributed by atoms with E-state index in [-0.39, 0.29) is 11.8 Å². The summed E-state index contributed by atoms with van der Waals surface area (Å²) >= 11 is 1.34. The Balaban J connectivity index is 1.50. The van der Waals surface area contributed by atoms with E-state index in [2.05, 4.69) is 25.8 Å². The number of carbonyl (C=O) groups is 2. The molecule has 0 bridgehead atoms. The molecule has 0 unspecified atom stereocenters. The molecular formula is C20H21N5O2S. The van der Waals surface area contributed by atoms with Crippen LogP contribution >= 0.6 is 11.3 Å². The minimum atomic E-state index is -0.682. The summed E-state index contributed by atoms with van der Waals surface area (Å²) < 4.78 is 0. The first-order valence-corrected chi connectivity index (χ1v) is 10.1. The minimum Gasteiger partial charge on any atom is -0.340 e. The lowest BCUT2D eigenvalue weighted by atomic mass is 10.1. The standard InChI is InChI=1S/C20H21N5O2S/c1-11-5-8-15(14(10-11)18-23-17(24-25-18)13-6-7-13)22-19(26)12(2)21-20(27)16-4-3-9-28-16/h3-5,8-10,12-13H,6-7H2,1-2H3,(H,21,27)(H,22,26)(H,23,24,25)/t12-/m0/s1. The molecule has 144 valence electrons. The molecule has 1 aliphatic carbocycles. The molecule has 1 aliphatic rings. The van der Waals surface area contributed by atoms with Crippen LogP contribution < -0.4 is 10.6 Å². The van der Waals surface area contributed by atoms with E-state index >= 15 is 0 Å². The van der Waals surface area contributed by atoms with Crippen molar-refractivity contribution in [3.63, 3.8) is 0 Å². The van der Waals surface area contributed by atoms with Crippen LogP contribution in [0.15, 0.2) is 35.7 Å². The second kappa shape index (κ2) is 7.55. The van der Waals surface area contributed by atoms with E-state index in [0.29, 0.717) is 22.3 Å². The van der Waals surface area contributed by atoms with Crippen LogP contribution in [0.2, 0.25) is 0 Å². The van der Waals surface area contributed by atoms with Gasteiger partial charge >= 0.3 is 0 Å².